The Balaban J connectivity index is 1.19. The zero-order valence-electron chi connectivity index (χ0n) is 34.4. The third-order valence-electron chi connectivity index (χ3n) is 13.7. The standard InChI is InChI=1S/C42H52F3N5O10S/c1-38(15-16-38)22-50(37(54)55)30-10-8-6-4-5-7-9-25-20-41(25,36(53)48-61(56,57)40(17-18-40)24-58-2)47-34(51)31-21-39(23-49(31)35(30)52)14-13-27-28-19-26(59-3)11-12-29(28)46-33(32(27)60-39)42(43,44)45/h7,9,11-12,19,25,30-31H,4-6,8,10,13-18,20-24H2,1-3H3,(H,47,51)(H,48,53)(H,54,55)/b9-7-/t25-,30+,31+,39-,41-/m1/s1. The Morgan fingerprint density at radius 2 is 1.85 bits per heavy atom. The number of benzene rings is 1. The van der Waals surface area contributed by atoms with E-state index in [1.54, 1.807) is 12.1 Å². The molecule has 2 aromatic rings. The minimum atomic E-state index is -4.95. The first-order valence-corrected chi connectivity index (χ1v) is 22.4. The quantitative estimate of drug-likeness (QED) is 0.284. The number of carboxylic acid groups (broad SMARTS) is 1. The van der Waals surface area contributed by atoms with Crippen molar-refractivity contribution in [3.05, 3.63) is 41.6 Å². The lowest BCUT2D eigenvalue weighted by atomic mass is 9.87. The minimum absolute atomic E-state index is 0.0459. The molecule has 0 bridgehead atoms. The van der Waals surface area contributed by atoms with Crippen LogP contribution in [0.25, 0.3) is 10.9 Å². The number of carbonyl (C=O) groups excluding carboxylic acids is 3. The van der Waals surface area contributed by atoms with E-state index in [0.717, 1.165) is 17.7 Å². The monoisotopic (exact) mass is 875 g/mol. The summed E-state index contributed by atoms with van der Waals surface area (Å²) in [6.45, 7) is 1.51. The molecule has 4 fully saturated rings. The van der Waals surface area contributed by atoms with Gasteiger partial charge in [-0.2, -0.15) is 13.2 Å². The Kier molecular flexibility index (Phi) is 10.8. The molecule has 8 rings (SSSR count). The molecule has 0 radical (unpaired) electrons. The fraction of sp³-hybridized carbons (Fsp3) is 0.643. The highest BCUT2D eigenvalue weighted by Gasteiger charge is 2.65. The first-order valence-electron chi connectivity index (χ1n) is 20.9. The van der Waals surface area contributed by atoms with Crippen molar-refractivity contribution >= 4 is 44.7 Å². The molecule has 19 heteroatoms. The van der Waals surface area contributed by atoms with Gasteiger partial charge in [-0.1, -0.05) is 31.9 Å². The molecule has 4 amide bonds. The zero-order valence-corrected chi connectivity index (χ0v) is 35.3. The zero-order chi connectivity index (χ0) is 43.8. The fourth-order valence-corrected chi connectivity index (χ4v) is 11.0. The summed E-state index contributed by atoms with van der Waals surface area (Å²) in [7, 11) is -1.46. The molecule has 0 unspecified atom stereocenters. The van der Waals surface area contributed by atoms with Crippen molar-refractivity contribution in [1.29, 1.82) is 0 Å². The number of nitrogens with zero attached hydrogens (tertiary/aromatic N) is 3. The lowest BCUT2D eigenvalue weighted by Gasteiger charge is -2.38. The van der Waals surface area contributed by atoms with Crippen molar-refractivity contribution < 1.29 is 60.1 Å². The molecule has 3 N–H and O–H groups in total. The van der Waals surface area contributed by atoms with E-state index in [4.69, 9.17) is 14.2 Å². The van der Waals surface area contributed by atoms with E-state index in [9.17, 15) is 41.1 Å². The molecule has 1 saturated heterocycles. The van der Waals surface area contributed by atoms with E-state index >= 15 is 4.79 Å². The number of pyridine rings is 1. The molecule has 1 spiro atoms. The summed E-state index contributed by atoms with van der Waals surface area (Å²) in [6, 6.07) is 1.85. The van der Waals surface area contributed by atoms with E-state index in [1.165, 1.54) is 31.3 Å². The summed E-state index contributed by atoms with van der Waals surface area (Å²) >= 11 is 0. The predicted molar refractivity (Wildman–Crippen MR) is 213 cm³/mol. The molecule has 5 atom stereocenters. The summed E-state index contributed by atoms with van der Waals surface area (Å²) in [5, 5.41) is 13.7. The van der Waals surface area contributed by atoms with Gasteiger partial charge in [0.1, 0.15) is 33.7 Å². The Labute approximate surface area is 351 Å². The summed E-state index contributed by atoms with van der Waals surface area (Å²) in [4.78, 5) is 63.3. The van der Waals surface area contributed by atoms with Crippen LogP contribution < -0.4 is 19.5 Å². The van der Waals surface area contributed by atoms with Gasteiger partial charge in [-0.3, -0.25) is 24.0 Å². The number of aryl methyl sites for hydroxylation is 1. The number of halogens is 3. The van der Waals surface area contributed by atoms with Crippen LogP contribution in [0.5, 0.6) is 11.5 Å². The highest BCUT2D eigenvalue weighted by atomic mass is 32.2. The molecule has 332 valence electrons. The van der Waals surface area contributed by atoms with Gasteiger partial charge in [-0.25, -0.2) is 18.2 Å². The highest BCUT2D eigenvalue weighted by Crippen LogP contribution is 2.51. The number of rotatable bonds is 9. The SMILES string of the molecule is COCC1(S(=O)(=O)NC(=O)[C@@]23C[C@H]2/C=C\CCCCC[C@H](N(CC2(C)CC2)C(=O)O)C(=O)N2C[C@@]4(CCc5c(c(C(F)(F)F)nc6ccc(OC)cc56)O4)C[C@H]2C(=O)N3)CC1. The first kappa shape index (κ1) is 43.0. The van der Waals surface area contributed by atoms with Crippen molar-refractivity contribution in [1.82, 2.24) is 24.8 Å². The number of aromatic nitrogens is 1. The number of amides is 4. The number of alkyl halides is 3. The summed E-state index contributed by atoms with van der Waals surface area (Å²) in [6.07, 6.45) is 1.82. The van der Waals surface area contributed by atoms with Gasteiger partial charge in [0.2, 0.25) is 21.8 Å². The first-order chi connectivity index (χ1) is 28.8. The number of allylic oxidation sites excluding steroid dienone is 1. The lowest BCUT2D eigenvalue weighted by Crippen LogP contribution is -2.59. The third kappa shape index (κ3) is 8.00. The number of hydrogen-bond acceptors (Lipinski definition) is 10. The molecular weight excluding hydrogens is 824 g/mol. The smallest absolute Gasteiger partial charge is 0.437 e. The minimum Gasteiger partial charge on any atom is -0.497 e. The molecule has 3 aliphatic heterocycles. The maximum Gasteiger partial charge on any atom is 0.437 e. The van der Waals surface area contributed by atoms with Gasteiger partial charge in [0.15, 0.2) is 11.4 Å². The van der Waals surface area contributed by atoms with E-state index in [-0.39, 0.29) is 81.1 Å². The largest absolute Gasteiger partial charge is 0.497 e. The molecule has 1 aromatic carbocycles. The number of fused-ring (bicyclic) bond motifs is 5. The van der Waals surface area contributed by atoms with Crippen LogP contribution in [0.1, 0.15) is 95.2 Å². The van der Waals surface area contributed by atoms with Crippen molar-refractivity contribution in [3.8, 4) is 11.5 Å². The van der Waals surface area contributed by atoms with Gasteiger partial charge < -0.3 is 29.5 Å². The van der Waals surface area contributed by atoms with Crippen LogP contribution >= 0.6 is 0 Å². The second-order valence-electron chi connectivity index (χ2n) is 18.2. The maximum absolute atomic E-state index is 15.1. The van der Waals surface area contributed by atoms with E-state index < -0.39 is 85.3 Å². The average Bonchev–Trinajstić information content (AvgIpc) is 4.16. The number of nitrogens with one attached hydrogen (secondary N) is 2. The number of carbonyl (C=O) groups is 4. The number of hydrogen-bond donors (Lipinski definition) is 3. The topological polar surface area (TPSA) is 194 Å². The van der Waals surface area contributed by atoms with Crippen LogP contribution in [0.4, 0.5) is 18.0 Å². The second kappa shape index (κ2) is 15.3. The van der Waals surface area contributed by atoms with Crippen LogP contribution in [0.15, 0.2) is 30.4 Å². The van der Waals surface area contributed by atoms with Gasteiger partial charge in [0, 0.05) is 36.9 Å². The molecule has 15 nitrogen and oxygen atoms in total. The summed E-state index contributed by atoms with van der Waals surface area (Å²) in [5.74, 6) is -3.24. The van der Waals surface area contributed by atoms with Crippen LogP contribution in [0.3, 0.4) is 0 Å². The molecule has 4 heterocycles. The maximum atomic E-state index is 15.1. The average molecular weight is 876 g/mol. The summed E-state index contributed by atoms with van der Waals surface area (Å²) < 4.78 is 89.4. The van der Waals surface area contributed by atoms with Crippen molar-refractivity contribution in [2.45, 2.75) is 125 Å². The fourth-order valence-electron chi connectivity index (χ4n) is 9.49. The van der Waals surface area contributed by atoms with Gasteiger partial charge in [-0.05, 0) is 87.8 Å². The van der Waals surface area contributed by atoms with Crippen LogP contribution in [0.2, 0.25) is 0 Å². The third-order valence-corrected chi connectivity index (χ3v) is 15.8. The van der Waals surface area contributed by atoms with Crippen molar-refractivity contribution in [2.24, 2.45) is 11.3 Å². The van der Waals surface area contributed by atoms with E-state index in [0.29, 0.717) is 36.8 Å². The molecule has 3 aliphatic carbocycles. The van der Waals surface area contributed by atoms with Crippen LogP contribution in [-0.4, -0.2) is 114 Å². The van der Waals surface area contributed by atoms with Crippen molar-refractivity contribution in [3.63, 3.8) is 0 Å². The second-order valence-corrected chi connectivity index (χ2v) is 20.3. The van der Waals surface area contributed by atoms with Gasteiger partial charge in [0.25, 0.3) is 5.91 Å². The number of ether oxygens (including phenoxy) is 3. The Hall–Kier alpha value is -4.65. The van der Waals surface area contributed by atoms with E-state index in [2.05, 4.69) is 15.0 Å². The molecular formula is C42H52F3N5O10S. The number of methoxy groups -OCH3 is 2. The van der Waals surface area contributed by atoms with Crippen LogP contribution in [0, 0.1) is 11.3 Å². The predicted octanol–water partition coefficient (Wildman–Crippen LogP) is 5.10. The van der Waals surface area contributed by atoms with Crippen LogP contribution in [-0.2, 0) is 41.7 Å². The summed E-state index contributed by atoms with van der Waals surface area (Å²) in [5.41, 5.74) is -4.58. The Morgan fingerprint density at radius 1 is 1.10 bits per heavy atom. The van der Waals surface area contributed by atoms with Gasteiger partial charge in [0.05, 0.1) is 25.8 Å². The molecule has 3 saturated carbocycles. The van der Waals surface area contributed by atoms with Gasteiger partial charge in [-0.15, -0.1) is 0 Å². The van der Waals surface area contributed by atoms with E-state index in [1.807, 2.05) is 13.0 Å². The molecule has 61 heavy (non-hydrogen) atoms. The van der Waals surface area contributed by atoms with Crippen molar-refractivity contribution in [2.75, 3.05) is 33.9 Å². The Morgan fingerprint density at radius 3 is 2.51 bits per heavy atom. The highest BCUT2D eigenvalue weighted by molar-refractivity contribution is 7.91. The molecule has 1 aromatic heterocycles. The normalized spacial score (nSPS) is 29.7. The Bertz CT molecular complexity index is 2280. The van der Waals surface area contributed by atoms with Gasteiger partial charge >= 0.3 is 12.3 Å². The lowest BCUT2D eigenvalue weighted by molar-refractivity contribution is -0.145. The number of sulfonamides is 1. The molecule has 6 aliphatic rings.